The van der Waals surface area contributed by atoms with E-state index in [0.29, 0.717) is 0 Å². The Bertz CT molecular complexity index is 78.9. The van der Waals surface area contributed by atoms with Gasteiger partial charge in [-0.05, 0) is 29.8 Å². The largest absolute Gasteiger partial charge is 0.313 e. The monoisotopic (exact) mass is 140 g/mol. The summed E-state index contributed by atoms with van der Waals surface area (Å²) in [7, 11) is 0. The molecule has 7 heavy (non-hydrogen) atoms. The summed E-state index contributed by atoms with van der Waals surface area (Å²) in [6, 6.07) is 0. The summed E-state index contributed by atoms with van der Waals surface area (Å²) in [6.45, 7) is 2.68. The van der Waals surface area contributed by atoms with Gasteiger partial charge in [0.05, 0.1) is 0 Å². The van der Waals surface area contributed by atoms with Gasteiger partial charge in [0.2, 0.25) is 0 Å². The van der Waals surface area contributed by atoms with Crippen molar-refractivity contribution in [2.45, 2.75) is 0 Å². The average Bonchev–Trinajstić information content (AvgIpc) is 1.33. The number of rotatable bonds is 0. The lowest BCUT2D eigenvalue weighted by Crippen LogP contribution is -1.46. The molecular weight excluding hydrogens is 139 g/mol. The third-order valence-electron chi connectivity index (χ3n) is 0. The molecule has 40 valence electrons. The summed E-state index contributed by atoms with van der Waals surface area (Å²) in [5, 5.41) is 0. The molecule has 0 aromatic rings. The van der Waals surface area contributed by atoms with Crippen LogP contribution in [0.3, 0.4) is 0 Å². The fourth-order valence-electron chi connectivity index (χ4n) is 0. The summed E-state index contributed by atoms with van der Waals surface area (Å²) in [5.74, 6) is 1.25. The van der Waals surface area contributed by atoms with Gasteiger partial charge < -0.3 is 0 Å². The van der Waals surface area contributed by atoms with Crippen LogP contribution in [0.15, 0.2) is 6.58 Å². The van der Waals surface area contributed by atoms with Gasteiger partial charge >= 0.3 is 4.70 Å². The smallest absolute Gasteiger partial charge is 0.262 e. The van der Waals surface area contributed by atoms with Crippen LogP contribution in [-0.2, 0) is 4.79 Å². The summed E-state index contributed by atoms with van der Waals surface area (Å²) >= 11 is 8.80. The van der Waals surface area contributed by atoms with Gasteiger partial charge in [0.15, 0.2) is 0 Å². The molecule has 0 fully saturated rings. The first-order valence-electron chi connectivity index (χ1n) is 1.14. The van der Waals surface area contributed by atoms with E-state index >= 15 is 0 Å². The molecule has 0 unspecified atom stereocenters. The molecule has 0 N–H and O–H groups in total. The molecule has 2 nitrogen and oxygen atoms in total. The Balaban J connectivity index is 0. The van der Waals surface area contributed by atoms with Crippen LogP contribution in [0.2, 0.25) is 0 Å². The second-order valence-corrected chi connectivity index (χ2v) is 1.25. The standard InChI is InChI=1S/C2H2O.CCl2O/c1-2-3;2-1(3)4/h1H2;. The van der Waals surface area contributed by atoms with Gasteiger partial charge in [0.25, 0.3) is 0 Å². The van der Waals surface area contributed by atoms with Gasteiger partial charge in [-0.25, -0.2) is 4.79 Å². The maximum absolute atomic E-state index is 8.98. The molecule has 0 heterocycles. The van der Waals surface area contributed by atoms with Crippen LogP contribution >= 0.6 is 23.2 Å². The van der Waals surface area contributed by atoms with Gasteiger partial charge in [0.1, 0.15) is 5.94 Å². The highest BCUT2D eigenvalue weighted by molar-refractivity contribution is 6.93. The highest BCUT2D eigenvalue weighted by atomic mass is 35.5. The van der Waals surface area contributed by atoms with Crippen molar-refractivity contribution in [3.05, 3.63) is 6.58 Å². The summed E-state index contributed by atoms with van der Waals surface area (Å²) in [4.78, 5) is 17.5. The minimum absolute atomic E-state index is 0.889. The molecule has 0 bridgehead atoms. The maximum atomic E-state index is 8.98. The van der Waals surface area contributed by atoms with E-state index in [2.05, 4.69) is 29.8 Å². The first-order valence-corrected chi connectivity index (χ1v) is 1.90. The van der Waals surface area contributed by atoms with Crippen molar-refractivity contribution in [3.63, 3.8) is 0 Å². The Morgan fingerprint density at radius 2 is 1.57 bits per heavy atom. The van der Waals surface area contributed by atoms with Crippen molar-refractivity contribution < 1.29 is 9.59 Å². The van der Waals surface area contributed by atoms with Gasteiger partial charge in [-0.15, -0.1) is 0 Å². The van der Waals surface area contributed by atoms with Gasteiger partial charge in [-0.2, -0.15) is 0 Å². The molecule has 0 aromatic carbocycles. The molecule has 4 heteroatoms. The van der Waals surface area contributed by atoms with Gasteiger partial charge in [0, 0.05) is 0 Å². The average molecular weight is 141 g/mol. The van der Waals surface area contributed by atoms with E-state index in [9.17, 15) is 0 Å². The fourth-order valence-corrected chi connectivity index (χ4v) is 0. The van der Waals surface area contributed by atoms with Crippen molar-refractivity contribution in [1.82, 2.24) is 0 Å². The molecule has 0 aromatic heterocycles. The zero-order chi connectivity index (χ0) is 6.28. The quantitative estimate of drug-likeness (QED) is 0.379. The summed E-state index contributed by atoms with van der Waals surface area (Å²) < 4.78 is -0.889. The lowest BCUT2D eigenvalue weighted by atomic mass is 11.2. The number of halogens is 2. The van der Waals surface area contributed by atoms with Crippen LogP contribution in [0.1, 0.15) is 0 Å². The Morgan fingerprint density at radius 1 is 1.57 bits per heavy atom. The van der Waals surface area contributed by atoms with E-state index in [0.717, 1.165) is 0 Å². The van der Waals surface area contributed by atoms with Crippen LogP contribution < -0.4 is 0 Å². The molecule has 0 aliphatic carbocycles. The number of hydrogen-bond acceptors (Lipinski definition) is 2. The molecule has 0 radical (unpaired) electrons. The topological polar surface area (TPSA) is 34.1 Å². The van der Waals surface area contributed by atoms with Crippen LogP contribution in [0, 0.1) is 0 Å². The van der Waals surface area contributed by atoms with Crippen LogP contribution in [-0.4, -0.2) is 10.6 Å². The van der Waals surface area contributed by atoms with E-state index in [1.165, 1.54) is 5.94 Å². The molecule has 0 saturated carbocycles. The van der Waals surface area contributed by atoms with Crippen LogP contribution in [0.25, 0.3) is 0 Å². The van der Waals surface area contributed by atoms with E-state index in [4.69, 9.17) is 9.59 Å². The third kappa shape index (κ3) is 867. The molecule has 0 saturated heterocycles. The van der Waals surface area contributed by atoms with Crippen molar-refractivity contribution in [1.29, 1.82) is 0 Å². The Hall–Kier alpha value is -0.300. The van der Waals surface area contributed by atoms with Crippen LogP contribution in [0.4, 0.5) is 4.79 Å². The molecule has 0 rings (SSSR count). The van der Waals surface area contributed by atoms with Gasteiger partial charge in [-0.3, -0.25) is 4.79 Å². The van der Waals surface area contributed by atoms with Crippen LogP contribution in [0.5, 0.6) is 0 Å². The zero-order valence-electron chi connectivity index (χ0n) is 3.28. The molecule has 0 aliphatic rings. The predicted molar refractivity (Wildman–Crippen MR) is 28.4 cm³/mol. The van der Waals surface area contributed by atoms with Crippen molar-refractivity contribution >= 4 is 33.8 Å². The first-order chi connectivity index (χ1) is 3.15. The Kier molecular flexibility index (Phi) is 12.9. The van der Waals surface area contributed by atoms with Crippen molar-refractivity contribution in [2.24, 2.45) is 0 Å². The summed E-state index contributed by atoms with van der Waals surface area (Å²) in [6.07, 6.45) is 0. The van der Waals surface area contributed by atoms with Crippen molar-refractivity contribution in [3.8, 4) is 0 Å². The minimum Gasteiger partial charge on any atom is -0.262 e. The number of carbonyl (C=O) groups is 1. The summed E-state index contributed by atoms with van der Waals surface area (Å²) in [5.41, 5.74) is 0. The molecular formula is C3H2Cl2O2. The second kappa shape index (κ2) is 9.20. The Morgan fingerprint density at radius 3 is 1.57 bits per heavy atom. The minimum atomic E-state index is -0.889. The predicted octanol–water partition coefficient (Wildman–Crippen LogP) is 1.59. The fraction of sp³-hybridized carbons (Fsp3) is 0. The Labute approximate surface area is 50.7 Å². The van der Waals surface area contributed by atoms with E-state index in [1.807, 2.05) is 0 Å². The lowest BCUT2D eigenvalue weighted by Gasteiger charge is -1.48. The van der Waals surface area contributed by atoms with E-state index in [1.54, 1.807) is 0 Å². The number of hydrogen-bond donors (Lipinski definition) is 0. The highest BCUT2D eigenvalue weighted by Gasteiger charge is 1.72. The van der Waals surface area contributed by atoms with E-state index in [-0.39, 0.29) is 0 Å². The lowest BCUT2D eigenvalue weighted by molar-refractivity contribution is 0.275. The first kappa shape index (κ1) is 9.85. The molecule has 0 spiro atoms. The van der Waals surface area contributed by atoms with E-state index < -0.39 is 4.70 Å². The molecule has 0 aliphatic heterocycles. The molecule has 0 atom stereocenters. The third-order valence-corrected chi connectivity index (χ3v) is 0. The SMILES string of the molecule is C=C=O.O=C(Cl)Cl. The zero-order valence-corrected chi connectivity index (χ0v) is 4.79. The maximum Gasteiger partial charge on any atom is 0.313 e. The van der Waals surface area contributed by atoms with Gasteiger partial charge in [-0.1, -0.05) is 0 Å². The van der Waals surface area contributed by atoms with Crippen molar-refractivity contribution in [2.75, 3.05) is 0 Å². The highest BCUT2D eigenvalue weighted by Crippen LogP contribution is 1.84. The molecule has 0 amide bonds. The second-order valence-electron chi connectivity index (χ2n) is 0.370. The number of carbonyl (C=O) groups excluding carboxylic acids is 2. The normalized spacial score (nSPS) is 4.86.